The number of nitrogens with one attached hydrogen (secondary N) is 1. The van der Waals surface area contributed by atoms with Crippen LogP contribution in [0.3, 0.4) is 0 Å². The molecule has 0 bridgehead atoms. The van der Waals surface area contributed by atoms with Crippen molar-refractivity contribution in [1.82, 2.24) is 0 Å². The maximum atomic E-state index is 13.3. The van der Waals surface area contributed by atoms with E-state index in [9.17, 15) is 8.78 Å². The monoisotopic (exact) mass is 287 g/mol. The number of anilines is 1. The average molecular weight is 288 g/mol. The van der Waals surface area contributed by atoms with Gasteiger partial charge in [0.25, 0.3) is 0 Å². The molecule has 0 radical (unpaired) electrons. The summed E-state index contributed by atoms with van der Waals surface area (Å²) < 4.78 is 26.1. The normalized spacial score (nSPS) is 10.4. The summed E-state index contributed by atoms with van der Waals surface area (Å²) >= 11 is 11.7. The number of rotatable bonds is 3. The van der Waals surface area contributed by atoms with Gasteiger partial charge in [0.05, 0.1) is 15.7 Å². The number of benzene rings is 2. The Kier molecular flexibility index (Phi) is 4.04. The van der Waals surface area contributed by atoms with Crippen molar-refractivity contribution in [3.05, 3.63) is 63.6 Å². The van der Waals surface area contributed by atoms with Crippen LogP contribution in [0.5, 0.6) is 0 Å². The van der Waals surface area contributed by atoms with Gasteiger partial charge in [0.15, 0.2) is 0 Å². The van der Waals surface area contributed by atoms with Crippen molar-refractivity contribution in [1.29, 1.82) is 0 Å². The molecule has 1 nitrogen and oxygen atoms in total. The predicted molar refractivity (Wildman–Crippen MR) is 70.1 cm³/mol. The summed E-state index contributed by atoms with van der Waals surface area (Å²) in [5, 5.41) is 3.77. The van der Waals surface area contributed by atoms with Crippen LogP contribution in [0, 0.1) is 11.6 Å². The van der Waals surface area contributed by atoms with Gasteiger partial charge >= 0.3 is 0 Å². The molecule has 1 N–H and O–H groups in total. The highest BCUT2D eigenvalue weighted by molar-refractivity contribution is 6.42. The van der Waals surface area contributed by atoms with E-state index in [1.165, 1.54) is 12.1 Å². The highest BCUT2D eigenvalue weighted by Gasteiger charge is 2.04. The van der Waals surface area contributed by atoms with Crippen LogP contribution in [-0.2, 0) is 6.54 Å². The fourth-order valence-corrected chi connectivity index (χ4v) is 1.80. The lowest BCUT2D eigenvalue weighted by Gasteiger charge is -2.08. The summed E-state index contributed by atoms with van der Waals surface area (Å²) in [6.07, 6.45) is 0. The minimum absolute atomic E-state index is 0.238. The van der Waals surface area contributed by atoms with E-state index in [1.807, 2.05) is 0 Å². The van der Waals surface area contributed by atoms with Crippen molar-refractivity contribution in [2.45, 2.75) is 6.54 Å². The lowest BCUT2D eigenvalue weighted by atomic mass is 10.2. The third-order valence-electron chi connectivity index (χ3n) is 2.40. The zero-order chi connectivity index (χ0) is 13.1. The zero-order valence-corrected chi connectivity index (χ0v) is 10.7. The van der Waals surface area contributed by atoms with Gasteiger partial charge in [-0.2, -0.15) is 0 Å². The van der Waals surface area contributed by atoms with Crippen LogP contribution in [0.15, 0.2) is 36.4 Å². The molecule has 0 aliphatic rings. The molecule has 0 aromatic heterocycles. The lowest BCUT2D eigenvalue weighted by molar-refractivity contribution is 0.585. The first-order chi connectivity index (χ1) is 8.56. The molecule has 0 amide bonds. The molecule has 0 saturated carbocycles. The van der Waals surface area contributed by atoms with Crippen LogP contribution in [0.4, 0.5) is 14.5 Å². The van der Waals surface area contributed by atoms with Crippen molar-refractivity contribution >= 4 is 28.9 Å². The van der Waals surface area contributed by atoms with Gasteiger partial charge in [0.1, 0.15) is 11.6 Å². The molecule has 0 spiro atoms. The van der Waals surface area contributed by atoms with Gasteiger partial charge < -0.3 is 5.32 Å². The molecule has 0 heterocycles. The molecular weight excluding hydrogens is 279 g/mol. The van der Waals surface area contributed by atoms with E-state index in [0.717, 1.165) is 11.6 Å². The number of hydrogen-bond donors (Lipinski definition) is 1. The third-order valence-corrected chi connectivity index (χ3v) is 3.14. The second-order valence-electron chi connectivity index (χ2n) is 3.73. The van der Waals surface area contributed by atoms with Crippen LogP contribution in [0.2, 0.25) is 10.0 Å². The van der Waals surface area contributed by atoms with Gasteiger partial charge in [-0.05, 0) is 29.8 Å². The van der Waals surface area contributed by atoms with Gasteiger partial charge in [0.2, 0.25) is 0 Å². The van der Waals surface area contributed by atoms with Crippen molar-refractivity contribution in [3.8, 4) is 0 Å². The first kappa shape index (κ1) is 13.1. The molecule has 2 rings (SSSR count). The van der Waals surface area contributed by atoms with Crippen molar-refractivity contribution < 1.29 is 8.78 Å². The zero-order valence-electron chi connectivity index (χ0n) is 9.18. The molecule has 2 aromatic rings. The Morgan fingerprint density at radius 3 is 2.39 bits per heavy atom. The molecule has 2 aromatic carbocycles. The Bertz CT molecular complexity index is 573. The molecule has 0 fully saturated rings. The maximum Gasteiger partial charge on any atom is 0.149 e. The van der Waals surface area contributed by atoms with E-state index in [-0.39, 0.29) is 5.69 Å². The van der Waals surface area contributed by atoms with E-state index in [0.29, 0.717) is 16.6 Å². The van der Waals surface area contributed by atoms with E-state index in [1.54, 1.807) is 18.2 Å². The smallest absolute Gasteiger partial charge is 0.149 e. The van der Waals surface area contributed by atoms with Crippen LogP contribution in [-0.4, -0.2) is 0 Å². The Labute approximate surface area is 113 Å². The Morgan fingerprint density at radius 2 is 1.72 bits per heavy atom. The van der Waals surface area contributed by atoms with Crippen LogP contribution < -0.4 is 5.32 Å². The average Bonchev–Trinajstić information content (AvgIpc) is 2.32. The van der Waals surface area contributed by atoms with Crippen LogP contribution >= 0.6 is 23.2 Å². The summed E-state index contributed by atoms with van der Waals surface area (Å²) in [5.41, 5.74) is 1.09. The second kappa shape index (κ2) is 5.55. The van der Waals surface area contributed by atoms with Crippen molar-refractivity contribution in [2.24, 2.45) is 0 Å². The standard InChI is InChI=1S/C13H9Cl2F2N/c14-10-3-1-8(5-11(10)15)7-18-13-4-2-9(16)6-12(13)17/h1-6,18H,7H2. The lowest BCUT2D eigenvalue weighted by Crippen LogP contribution is -2.01. The van der Waals surface area contributed by atoms with Crippen LogP contribution in [0.25, 0.3) is 0 Å². The highest BCUT2D eigenvalue weighted by Crippen LogP contribution is 2.23. The minimum Gasteiger partial charge on any atom is -0.379 e. The number of halogens is 4. The van der Waals surface area contributed by atoms with E-state index < -0.39 is 11.6 Å². The van der Waals surface area contributed by atoms with E-state index in [2.05, 4.69) is 5.32 Å². The highest BCUT2D eigenvalue weighted by atomic mass is 35.5. The summed E-state index contributed by atoms with van der Waals surface area (Å²) in [5.74, 6) is -1.23. The molecule has 18 heavy (non-hydrogen) atoms. The van der Waals surface area contributed by atoms with Gasteiger partial charge in [-0.15, -0.1) is 0 Å². The molecule has 0 atom stereocenters. The summed E-state index contributed by atoms with van der Waals surface area (Å²) in [6, 6.07) is 8.52. The topological polar surface area (TPSA) is 12.0 Å². The van der Waals surface area contributed by atoms with Crippen LogP contribution in [0.1, 0.15) is 5.56 Å². The number of hydrogen-bond acceptors (Lipinski definition) is 1. The summed E-state index contributed by atoms with van der Waals surface area (Å²) in [6.45, 7) is 0.374. The van der Waals surface area contributed by atoms with E-state index >= 15 is 0 Å². The first-order valence-corrected chi connectivity index (χ1v) is 5.95. The predicted octanol–water partition coefficient (Wildman–Crippen LogP) is 4.88. The molecule has 0 aliphatic carbocycles. The Hall–Kier alpha value is -1.32. The molecule has 0 unspecified atom stereocenters. The van der Waals surface area contributed by atoms with Gasteiger partial charge in [-0.3, -0.25) is 0 Å². The summed E-state index contributed by atoms with van der Waals surface area (Å²) in [4.78, 5) is 0. The van der Waals surface area contributed by atoms with E-state index in [4.69, 9.17) is 23.2 Å². The van der Waals surface area contributed by atoms with Gasteiger partial charge in [-0.1, -0.05) is 29.3 Å². The molecular formula is C13H9Cl2F2N. The Morgan fingerprint density at radius 1 is 0.944 bits per heavy atom. The van der Waals surface area contributed by atoms with Gasteiger partial charge in [-0.25, -0.2) is 8.78 Å². The Balaban J connectivity index is 2.09. The molecule has 5 heteroatoms. The SMILES string of the molecule is Fc1ccc(NCc2ccc(Cl)c(Cl)c2)c(F)c1. The molecule has 94 valence electrons. The quantitative estimate of drug-likeness (QED) is 0.848. The third kappa shape index (κ3) is 3.12. The maximum absolute atomic E-state index is 13.3. The largest absolute Gasteiger partial charge is 0.379 e. The molecule has 0 aliphatic heterocycles. The summed E-state index contributed by atoms with van der Waals surface area (Å²) in [7, 11) is 0. The fraction of sp³-hybridized carbons (Fsp3) is 0.0769. The minimum atomic E-state index is -0.630. The van der Waals surface area contributed by atoms with Crippen molar-refractivity contribution in [3.63, 3.8) is 0 Å². The molecule has 0 saturated heterocycles. The van der Waals surface area contributed by atoms with Crippen molar-refractivity contribution in [2.75, 3.05) is 5.32 Å². The first-order valence-electron chi connectivity index (χ1n) is 5.19. The van der Waals surface area contributed by atoms with Gasteiger partial charge in [0, 0.05) is 12.6 Å². The second-order valence-corrected chi connectivity index (χ2v) is 4.54. The fourth-order valence-electron chi connectivity index (χ4n) is 1.48.